The Hall–Kier alpha value is -1.43. The fraction of sp³-hybridized carbons (Fsp3) is 0.273. The molecule has 0 atom stereocenters. The summed E-state index contributed by atoms with van der Waals surface area (Å²) in [5.74, 6) is 1.02. The van der Waals surface area contributed by atoms with E-state index >= 15 is 0 Å². The number of benzene rings is 1. The largest absolute Gasteiger partial charge is 0.484 e. The molecule has 0 saturated heterocycles. The SMILES string of the molecule is CCn1ncnc1COc1ccc(F)cc1Br. The van der Waals surface area contributed by atoms with E-state index in [1.165, 1.54) is 18.5 Å². The molecule has 4 nitrogen and oxygen atoms in total. The first-order chi connectivity index (χ1) is 8.20. The van der Waals surface area contributed by atoms with Gasteiger partial charge in [0.05, 0.1) is 4.47 Å². The number of rotatable bonds is 4. The summed E-state index contributed by atoms with van der Waals surface area (Å²) in [7, 11) is 0. The minimum Gasteiger partial charge on any atom is -0.484 e. The number of aryl methyl sites for hydroxylation is 1. The van der Waals surface area contributed by atoms with Gasteiger partial charge in [-0.2, -0.15) is 5.10 Å². The first-order valence-electron chi connectivity index (χ1n) is 5.15. The zero-order valence-corrected chi connectivity index (χ0v) is 10.8. The second kappa shape index (κ2) is 5.27. The Morgan fingerprint density at radius 1 is 1.47 bits per heavy atom. The van der Waals surface area contributed by atoms with E-state index in [9.17, 15) is 4.39 Å². The molecule has 1 aromatic carbocycles. The number of ether oxygens (including phenoxy) is 1. The molecule has 1 aromatic heterocycles. The van der Waals surface area contributed by atoms with Crippen LogP contribution in [0.4, 0.5) is 4.39 Å². The molecule has 0 aliphatic heterocycles. The first kappa shape index (κ1) is 12.0. The smallest absolute Gasteiger partial charge is 0.164 e. The van der Waals surface area contributed by atoms with Crippen LogP contribution in [0.3, 0.4) is 0 Å². The van der Waals surface area contributed by atoms with Crippen LogP contribution in [0.1, 0.15) is 12.7 Å². The molecular formula is C11H11BrFN3O. The first-order valence-corrected chi connectivity index (χ1v) is 5.94. The zero-order valence-electron chi connectivity index (χ0n) is 9.23. The molecule has 0 radical (unpaired) electrons. The molecule has 90 valence electrons. The van der Waals surface area contributed by atoms with Gasteiger partial charge >= 0.3 is 0 Å². The highest BCUT2D eigenvalue weighted by Gasteiger charge is 2.06. The predicted molar refractivity (Wildman–Crippen MR) is 64.1 cm³/mol. The van der Waals surface area contributed by atoms with Crippen molar-refractivity contribution in [3.63, 3.8) is 0 Å². The van der Waals surface area contributed by atoms with Crippen molar-refractivity contribution in [2.45, 2.75) is 20.1 Å². The van der Waals surface area contributed by atoms with Crippen molar-refractivity contribution in [3.8, 4) is 5.75 Å². The highest BCUT2D eigenvalue weighted by molar-refractivity contribution is 9.10. The van der Waals surface area contributed by atoms with Crippen LogP contribution in [-0.2, 0) is 13.2 Å². The number of nitrogens with zero attached hydrogens (tertiary/aromatic N) is 3. The average molecular weight is 300 g/mol. The summed E-state index contributed by atoms with van der Waals surface area (Å²) in [5.41, 5.74) is 0. The summed E-state index contributed by atoms with van der Waals surface area (Å²) < 4.78 is 20.7. The maximum Gasteiger partial charge on any atom is 0.164 e. The summed E-state index contributed by atoms with van der Waals surface area (Å²) in [6.45, 7) is 3.02. The third kappa shape index (κ3) is 2.82. The van der Waals surface area contributed by atoms with E-state index in [4.69, 9.17) is 4.74 Å². The topological polar surface area (TPSA) is 39.9 Å². The molecule has 0 aliphatic carbocycles. The number of hydrogen-bond acceptors (Lipinski definition) is 3. The Morgan fingerprint density at radius 3 is 3.00 bits per heavy atom. The van der Waals surface area contributed by atoms with Crippen LogP contribution in [0.5, 0.6) is 5.75 Å². The minimum absolute atomic E-state index is 0.304. The van der Waals surface area contributed by atoms with Crippen LogP contribution in [-0.4, -0.2) is 14.8 Å². The van der Waals surface area contributed by atoms with E-state index < -0.39 is 0 Å². The Morgan fingerprint density at radius 2 is 2.29 bits per heavy atom. The fourth-order valence-electron chi connectivity index (χ4n) is 1.40. The molecule has 1 heterocycles. The van der Waals surface area contributed by atoms with Crippen LogP contribution >= 0.6 is 15.9 Å². The molecule has 0 amide bonds. The van der Waals surface area contributed by atoms with Gasteiger partial charge in [0, 0.05) is 6.54 Å². The summed E-state index contributed by atoms with van der Waals surface area (Å²) in [4.78, 5) is 4.09. The fourth-order valence-corrected chi connectivity index (χ4v) is 1.86. The lowest BCUT2D eigenvalue weighted by atomic mass is 10.3. The molecular weight excluding hydrogens is 289 g/mol. The number of halogens is 2. The van der Waals surface area contributed by atoms with Gasteiger partial charge < -0.3 is 4.74 Å². The number of aromatic nitrogens is 3. The lowest BCUT2D eigenvalue weighted by Gasteiger charge is -2.08. The van der Waals surface area contributed by atoms with Crippen molar-refractivity contribution >= 4 is 15.9 Å². The minimum atomic E-state index is -0.305. The van der Waals surface area contributed by atoms with Crippen LogP contribution in [0.25, 0.3) is 0 Å². The van der Waals surface area contributed by atoms with Crippen molar-refractivity contribution in [3.05, 3.63) is 40.6 Å². The molecule has 0 unspecified atom stereocenters. The van der Waals surface area contributed by atoms with Gasteiger partial charge in [-0.05, 0) is 41.1 Å². The van der Waals surface area contributed by atoms with Gasteiger partial charge in [0.25, 0.3) is 0 Å². The highest BCUT2D eigenvalue weighted by Crippen LogP contribution is 2.25. The van der Waals surface area contributed by atoms with Crippen LogP contribution in [0, 0.1) is 5.82 Å². The number of hydrogen-bond donors (Lipinski definition) is 0. The molecule has 17 heavy (non-hydrogen) atoms. The Kier molecular flexibility index (Phi) is 3.73. The maximum atomic E-state index is 12.9. The van der Waals surface area contributed by atoms with Crippen molar-refractivity contribution in [1.82, 2.24) is 14.8 Å². The van der Waals surface area contributed by atoms with Gasteiger partial charge in [0.2, 0.25) is 0 Å². The molecule has 0 bridgehead atoms. The van der Waals surface area contributed by atoms with Gasteiger partial charge in [-0.25, -0.2) is 14.1 Å². The Balaban J connectivity index is 2.07. The van der Waals surface area contributed by atoms with Gasteiger partial charge in [-0.1, -0.05) is 0 Å². The summed E-state index contributed by atoms with van der Waals surface area (Å²) in [6, 6.07) is 4.29. The summed E-state index contributed by atoms with van der Waals surface area (Å²) in [5, 5.41) is 4.04. The third-order valence-electron chi connectivity index (χ3n) is 2.25. The lowest BCUT2D eigenvalue weighted by Crippen LogP contribution is -2.07. The molecule has 0 fully saturated rings. The van der Waals surface area contributed by atoms with E-state index in [1.807, 2.05) is 6.92 Å². The van der Waals surface area contributed by atoms with Gasteiger partial charge in [-0.3, -0.25) is 0 Å². The van der Waals surface area contributed by atoms with Crippen molar-refractivity contribution in [1.29, 1.82) is 0 Å². The highest BCUT2D eigenvalue weighted by atomic mass is 79.9. The van der Waals surface area contributed by atoms with Crippen molar-refractivity contribution in [2.75, 3.05) is 0 Å². The molecule has 0 spiro atoms. The van der Waals surface area contributed by atoms with Crippen LogP contribution in [0.15, 0.2) is 29.0 Å². The second-order valence-corrected chi connectivity index (χ2v) is 4.21. The van der Waals surface area contributed by atoms with Crippen molar-refractivity contribution in [2.24, 2.45) is 0 Å². The van der Waals surface area contributed by atoms with E-state index in [-0.39, 0.29) is 5.82 Å². The van der Waals surface area contributed by atoms with E-state index in [0.29, 0.717) is 16.8 Å². The molecule has 0 N–H and O–H groups in total. The quantitative estimate of drug-likeness (QED) is 0.871. The van der Waals surface area contributed by atoms with E-state index in [2.05, 4.69) is 26.0 Å². The van der Waals surface area contributed by atoms with Crippen LogP contribution < -0.4 is 4.74 Å². The molecule has 6 heteroatoms. The molecule has 2 rings (SSSR count). The summed E-state index contributed by atoms with van der Waals surface area (Å²) in [6.07, 6.45) is 1.49. The molecule has 2 aromatic rings. The van der Waals surface area contributed by atoms with E-state index in [1.54, 1.807) is 10.7 Å². The van der Waals surface area contributed by atoms with Crippen molar-refractivity contribution < 1.29 is 9.13 Å². The zero-order chi connectivity index (χ0) is 12.3. The molecule has 0 aliphatic rings. The monoisotopic (exact) mass is 299 g/mol. The Labute approximate surface area is 107 Å². The van der Waals surface area contributed by atoms with Gasteiger partial charge in [0.15, 0.2) is 5.82 Å². The second-order valence-electron chi connectivity index (χ2n) is 3.36. The lowest BCUT2D eigenvalue weighted by molar-refractivity contribution is 0.285. The maximum absolute atomic E-state index is 12.9. The third-order valence-corrected chi connectivity index (χ3v) is 2.87. The summed E-state index contributed by atoms with van der Waals surface area (Å²) >= 11 is 3.24. The predicted octanol–water partition coefficient (Wildman–Crippen LogP) is 2.78. The normalized spacial score (nSPS) is 10.5. The standard InChI is InChI=1S/C11H11BrFN3O/c1-2-16-11(14-7-15-16)6-17-10-4-3-8(13)5-9(10)12/h3-5,7H,2,6H2,1H3. The van der Waals surface area contributed by atoms with Gasteiger partial charge in [-0.15, -0.1) is 0 Å². The van der Waals surface area contributed by atoms with E-state index in [0.717, 1.165) is 12.4 Å². The Bertz CT molecular complexity index is 515. The average Bonchev–Trinajstić information content (AvgIpc) is 2.75. The van der Waals surface area contributed by atoms with Crippen LogP contribution in [0.2, 0.25) is 0 Å². The molecule has 0 saturated carbocycles. The van der Waals surface area contributed by atoms with Gasteiger partial charge in [0.1, 0.15) is 24.5 Å².